The molecule has 0 saturated carbocycles. The minimum atomic E-state index is -0.255. The second-order valence-corrected chi connectivity index (χ2v) is 7.03. The average molecular weight is 315 g/mol. The third kappa shape index (κ3) is 6.20. The highest BCUT2D eigenvalue weighted by molar-refractivity contribution is 5.17. The van der Waals surface area contributed by atoms with Crippen LogP contribution in [0.2, 0.25) is 0 Å². The smallest absolute Gasteiger partial charge is 0.118 e. The molecule has 2 aromatic rings. The molecular formula is C20H31N2O+. The summed E-state index contributed by atoms with van der Waals surface area (Å²) in [6.45, 7) is 10.2. The van der Waals surface area contributed by atoms with E-state index in [0.717, 1.165) is 26.2 Å². The molecular weight excluding hydrogens is 284 g/mol. The lowest BCUT2D eigenvalue weighted by atomic mass is 10.1. The number of rotatable bonds is 9. The summed E-state index contributed by atoms with van der Waals surface area (Å²) < 4.78 is 2.33. The van der Waals surface area contributed by atoms with E-state index in [0.29, 0.717) is 5.92 Å². The Kier molecular flexibility index (Phi) is 6.87. The minimum absolute atomic E-state index is 0.255. The van der Waals surface area contributed by atoms with Gasteiger partial charge in [-0.1, -0.05) is 44.2 Å². The summed E-state index contributed by atoms with van der Waals surface area (Å²) in [7, 11) is 0. The quantitative estimate of drug-likeness (QED) is 0.731. The van der Waals surface area contributed by atoms with Crippen molar-refractivity contribution in [1.82, 2.24) is 4.57 Å². The fourth-order valence-electron chi connectivity index (χ4n) is 2.97. The van der Waals surface area contributed by atoms with Gasteiger partial charge in [-0.3, -0.25) is 0 Å². The third-order valence-corrected chi connectivity index (χ3v) is 4.21. The van der Waals surface area contributed by atoms with Crippen molar-refractivity contribution in [1.29, 1.82) is 0 Å². The van der Waals surface area contributed by atoms with Gasteiger partial charge in [0.15, 0.2) is 0 Å². The predicted molar refractivity (Wildman–Crippen MR) is 95.5 cm³/mol. The first-order valence-electron chi connectivity index (χ1n) is 8.74. The highest BCUT2D eigenvalue weighted by Crippen LogP contribution is 2.07. The second kappa shape index (κ2) is 8.90. The zero-order valence-corrected chi connectivity index (χ0v) is 14.7. The molecule has 0 spiro atoms. The monoisotopic (exact) mass is 315 g/mol. The molecule has 0 aliphatic heterocycles. The summed E-state index contributed by atoms with van der Waals surface area (Å²) in [5.74, 6) is 0.704. The maximum Gasteiger partial charge on any atom is 0.118 e. The Labute approximate surface area is 140 Å². The van der Waals surface area contributed by atoms with E-state index in [4.69, 9.17) is 0 Å². The van der Waals surface area contributed by atoms with Crippen molar-refractivity contribution < 1.29 is 10.0 Å². The van der Waals surface area contributed by atoms with Crippen molar-refractivity contribution in [2.75, 3.05) is 13.1 Å². The van der Waals surface area contributed by atoms with Crippen LogP contribution in [0, 0.1) is 5.92 Å². The summed E-state index contributed by atoms with van der Waals surface area (Å²) in [6.07, 6.45) is 3.10. The molecule has 0 radical (unpaired) electrons. The van der Waals surface area contributed by atoms with Crippen LogP contribution in [0.3, 0.4) is 0 Å². The average Bonchev–Trinajstić information content (AvgIpc) is 2.92. The highest BCUT2D eigenvalue weighted by atomic mass is 16.3. The van der Waals surface area contributed by atoms with Gasteiger partial charge in [0.2, 0.25) is 0 Å². The molecule has 1 heterocycles. The van der Waals surface area contributed by atoms with Gasteiger partial charge in [-0.05, 0) is 37.0 Å². The van der Waals surface area contributed by atoms with E-state index >= 15 is 0 Å². The van der Waals surface area contributed by atoms with E-state index in [2.05, 4.69) is 67.1 Å². The van der Waals surface area contributed by atoms with Crippen LogP contribution in [-0.2, 0) is 13.1 Å². The first-order chi connectivity index (χ1) is 11.0. The first kappa shape index (κ1) is 17.8. The fraction of sp³-hybridized carbons (Fsp3) is 0.500. The molecule has 0 aliphatic rings. The number of hydrogen-bond acceptors (Lipinski definition) is 1. The van der Waals surface area contributed by atoms with Crippen molar-refractivity contribution in [2.45, 2.75) is 46.4 Å². The zero-order chi connectivity index (χ0) is 16.7. The number of quaternary nitrogens is 1. The molecule has 1 unspecified atom stereocenters. The van der Waals surface area contributed by atoms with Gasteiger partial charge in [-0.25, -0.2) is 0 Å². The Morgan fingerprint density at radius 2 is 1.78 bits per heavy atom. The number of aliphatic hydroxyl groups is 1. The van der Waals surface area contributed by atoms with Gasteiger partial charge in [0, 0.05) is 12.7 Å². The molecule has 0 fully saturated rings. The Bertz CT molecular complexity index is 560. The molecule has 3 heteroatoms. The lowest BCUT2D eigenvalue weighted by Crippen LogP contribution is -3.12. The Hall–Kier alpha value is -1.58. The molecule has 2 N–H and O–H groups in total. The van der Waals surface area contributed by atoms with Crippen LogP contribution < -0.4 is 4.90 Å². The number of hydrogen-bond donors (Lipinski definition) is 2. The van der Waals surface area contributed by atoms with E-state index in [9.17, 15) is 5.11 Å². The molecule has 126 valence electrons. The number of aliphatic hydroxyl groups excluding tert-OH is 1. The highest BCUT2D eigenvalue weighted by Gasteiger charge is 2.15. The lowest BCUT2D eigenvalue weighted by Gasteiger charge is -2.22. The van der Waals surface area contributed by atoms with Gasteiger partial charge in [0.1, 0.15) is 19.2 Å². The fourth-order valence-corrected chi connectivity index (χ4v) is 2.97. The van der Waals surface area contributed by atoms with Crippen LogP contribution in [0.4, 0.5) is 0 Å². The Balaban J connectivity index is 2.03. The zero-order valence-electron chi connectivity index (χ0n) is 14.7. The SMILES string of the molecule is CC(C)CC[NH+](Cc1cccn1Cc1ccccc1)C[C@H](C)O. The van der Waals surface area contributed by atoms with Crippen LogP contribution in [0.15, 0.2) is 48.7 Å². The third-order valence-electron chi connectivity index (χ3n) is 4.21. The topological polar surface area (TPSA) is 29.6 Å². The van der Waals surface area contributed by atoms with E-state index in [1.54, 1.807) is 0 Å². The molecule has 2 atom stereocenters. The van der Waals surface area contributed by atoms with Crippen LogP contribution in [-0.4, -0.2) is 28.9 Å². The van der Waals surface area contributed by atoms with Gasteiger partial charge in [-0.15, -0.1) is 0 Å². The maximum absolute atomic E-state index is 9.79. The predicted octanol–water partition coefficient (Wildman–Crippen LogP) is 2.35. The van der Waals surface area contributed by atoms with E-state index in [1.165, 1.54) is 22.6 Å². The van der Waals surface area contributed by atoms with Gasteiger partial charge < -0.3 is 14.6 Å². The molecule has 1 aromatic carbocycles. The Morgan fingerprint density at radius 1 is 1.04 bits per heavy atom. The number of aromatic nitrogens is 1. The lowest BCUT2D eigenvalue weighted by molar-refractivity contribution is -0.917. The normalized spacial score (nSPS) is 14.1. The number of nitrogens with zero attached hydrogens (tertiary/aromatic N) is 1. The molecule has 1 aromatic heterocycles. The number of nitrogens with one attached hydrogen (secondary N) is 1. The molecule has 0 aliphatic carbocycles. The van der Waals surface area contributed by atoms with Gasteiger partial charge in [-0.2, -0.15) is 0 Å². The molecule has 23 heavy (non-hydrogen) atoms. The minimum Gasteiger partial charge on any atom is -0.388 e. The summed E-state index contributed by atoms with van der Waals surface area (Å²) in [6, 6.07) is 14.9. The van der Waals surface area contributed by atoms with Crippen LogP contribution in [0.5, 0.6) is 0 Å². The molecule has 0 saturated heterocycles. The molecule has 2 rings (SSSR count). The van der Waals surface area contributed by atoms with Crippen molar-refractivity contribution in [2.24, 2.45) is 5.92 Å². The summed E-state index contributed by atoms with van der Waals surface area (Å²) in [5.41, 5.74) is 2.66. The largest absolute Gasteiger partial charge is 0.388 e. The maximum atomic E-state index is 9.79. The summed E-state index contributed by atoms with van der Waals surface area (Å²) in [5, 5.41) is 9.79. The van der Waals surface area contributed by atoms with Gasteiger partial charge >= 0.3 is 0 Å². The Morgan fingerprint density at radius 3 is 2.43 bits per heavy atom. The van der Waals surface area contributed by atoms with Gasteiger partial charge in [0.05, 0.1) is 12.2 Å². The summed E-state index contributed by atoms with van der Waals surface area (Å²) >= 11 is 0. The molecule has 3 nitrogen and oxygen atoms in total. The van der Waals surface area contributed by atoms with Crippen LogP contribution >= 0.6 is 0 Å². The van der Waals surface area contributed by atoms with Crippen molar-refractivity contribution in [3.63, 3.8) is 0 Å². The van der Waals surface area contributed by atoms with Crippen molar-refractivity contribution in [3.05, 3.63) is 59.9 Å². The van der Waals surface area contributed by atoms with Crippen LogP contribution in [0.1, 0.15) is 38.4 Å². The molecule has 0 amide bonds. The van der Waals surface area contributed by atoms with E-state index < -0.39 is 0 Å². The summed E-state index contributed by atoms with van der Waals surface area (Å²) in [4.78, 5) is 1.46. The molecule has 0 bridgehead atoms. The first-order valence-corrected chi connectivity index (χ1v) is 8.74. The standard InChI is InChI=1S/C20H30N2O/c1-17(2)11-13-21(14-18(3)23)16-20-10-7-12-22(20)15-19-8-5-4-6-9-19/h4-10,12,17-18,23H,11,13-16H2,1-3H3/p+1/t18-/m0/s1. The second-order valence-electron chi connectivity index (χ2n) is 7.03. The van der Waals surface area contributed by atoms with E-state index in [1.807, 2.05) is 6.92 Å². The van der Waals surface area contributed by atoms with Crippen LogP contribution in [0.25, 0.3) is 0 Å². The number of benzene rings is 1. The van der Waals surface area contributed by atoms with Crippen molar-refractivity contribution >= 4 is 0 Å². The van der Waals surface area contributed by atoms with Crippen molar-refractivity contribution in [3.8, 4) is 0 Å². The van der Waals surface area contributed by atoms with Gasteiger partial charge in [0.25, 0.3) is 0 Å². The van der Waals surface area contributed by atoms with E-state index in [-0.39, 0.29) is 6.10 Å².